The number of halogens is 3. The largest absolute Gasteiger partial charge is 0.490 e. The van der Waals surface area contributed by atoms with Gasteiger partial charge in [-0.2, -0.15) is 13.2 Å². The van der Waals surface area contributed by atoms with Crippen LogP contribution in [0, 0.1) is 0 Å². The molecule has 1 saturated heterocycles. The van der Waals surface area contributed by atoms with E-state index in [1.165, 1.54) is 18.2 Å². The first-order valence-corrected chi connectivity index (χ1v) is 10.6. The minimum Gasteiger partial charge on any atom is -0.483 e. The van der Waals surface area contributed by atoms with Crippen LogP contribution in [0.1, 0.15) is 46.4 Å². The third kappa shape index (κ3) is 7.00. The molecule has 5 amide bonds. The number of unbranched alkanes of at least 4 members (excludes halogenated alkanes) is 1. The standard InChI is InChI=1S/C19H22N4O6.C2HF3O2/c20-8-1-2-9-21-15(25)10-29-13-5-3-4-11-16(13)19(28)23(18(11)27)12-6-7-14(24)22-17(12)26;3-2(4,5)1(6)7/h3-5,12H,1-2,6-10,20H2,(H,21,25)(H,22,24,26);(H,6,7). The van der Waals surface area contributed by atoms with Crippen molar-refractivity contribution in [3.63, 3.8) is 0 Å². The smallest absolute Gasteiger partial charge is 0.483 e. The summed E-state index contributed by atoms with van der Waals surface area (Å²) in [6, 6.07) is 3.42. The van der Waals surface area contributed by atoms with Crippen LogP contribution in [0.3, 0.4) is 0 Å². The van der Waals surface area contributed by atoms with E-state index in [-0.39, 0.29) is 42.2 Å². The molecule has 2 aliphatic rings. The number of carboxylic acid groups (broad SMARTS) is 1. The van der Waals surface area contributed by atoms with E-state index < -0.39 is 41.8 Å². The lowest BCUT2D eigenvalue weighted by Gasteiger charge is -2.27. The fourth-order valence-corrected chi connectivity index (χ4v) is 3.30. The first-order valence-electron chi connectivity index (χ1n) is 10.6. The molecule has 0 aromatic heterocycles. The number of imide groups is 2. The lowest BCUT2D eigenvalue weighted by atomic mass is 10.0. The number of nitrogens with two attached hydrogens (primary N) is 1. The summed E-state index contributed by atoms with van der Waals surface area (Å²) in [5.41, 5.74) is 5.50. The van der Waals surface area contributed by atoms with E-state index in [0.717, 1.165) is 17.7 Å². The van der Waals surface area contributed by atoms with Gasteiger partial charge in [-0.25, -0.2) is 4.79 Å². The minimum absolute atomic E-state index is 0.0122. The van der Waals surface area contributed by atoms with Crippen molar-refractivity contribution in [2.24, 2.45) is 5.73 Å². The lowest BCUT2D eigenvalue weighted by molar-refractivity contribution is -0.192. The number of carboxylic acids is 1. The Morgan fingerprint density at radius 1 is 1.17 bits per heavy atom. The van der Waals surface area contributed by atoms with Crippen molar-refractivity contribution in [2.45, 2.75) is 37.9 Å². The van der Waals surface area contributed by atoms with Gasteiger partial charge in [0.25, 0.3) is 17.7 Å². The van der Waals surface area contributed by atoms with Crippen LogP contribution in [0.15, 0.2) is 18.2 Å². The number of aliphatic carboxylic acids is 1. The van der Waals surface area contributed by atoms with E-state index in [1.54, 1.807) is 0 Å². The molecule has 1 atom stereocenters. The summed E-state index contributed by atoms with van der Waals surface area (Å²) in [6.07, 6.45) is -3.44. The van der Waals surface area contributed by atoms with Gasteiger partial charge in [-0.3, -0.25) is 34.2 Å². The fourth-order valence-electron chi connectivity index (χ4n) is 3.30. The van der Waals surface area contributed by atoms with E-state index >= 15 is 0 Å². The van der Waals surface area contributed by atoms with Crippen LogP contribution in [0.4, 0.5) is 13.2 Å². The highest BCUT2D eigenvalue weighted by molar-refractivity contribution is 6.24. The molecule has 0 bridgehead atoms. The Bertz CT molecular complexity index is 1060. The molecule has 0 spiro atoms. The number of hydrogen-bond donors (Lipinski definition) is 4. The zero-order valence-corrected chi connectivity index (χ0v) is 18.7. The average molecular weight is 516 g/mol. The van der Waals surface area contributed by atoms with Gasteiger partial charge in [-0.1, -0.05) is 6.07 Å². The summed E-state index contributed by atoms with van der Waals surface area (Å²) in [7, 11) is 0. The Morgan fingerprint density at radius 3 is 2.42 bits per heavy atom. The van der Waals surface area contributed by atoms with Crippen LogP contribution < -0.4 is 21.1 Å². The molecule has 0 radical (unpaired) electrons. The van der Waals surface area contributed by atoms with Gasteiger partial charge >= 0.3 is 12.1 Å². The number of rotatable bonds is 8. The molecule has 1 aromatic carbocycles. The van der Waals surface area contributed by atoms with Gasteiger partial charge in [0.2, 0.25) is 11.8 Å². The summed E-state index contributed by atoms with van der Waals surface area (Å²) < 4.78 is 37.2. The second-order valence-electron chi connectivity index (χ2n) is 7.56. The Kier molecular flexibility index (Phi) is 9.49. The van der Waals surface area contributed by atoms with Gasteiger partial charge < -0.3 is 20.9 Å². The number of benzene rings is 1. The fraction of sp³-hybridized carbons (Fsp3) is 0.429. The molecule has 1 fully saturated rings. The predicted molar refractivity (Wildman–Crippen MR) is 114 cm³/mol. The van der Waals surface area contributed by atoms with Gasteiger partial charge in [-0.15, -0.1) is 0 Å². The summed E-state index contributed by atoms with van der Waals surface area (Å²) in [6.45, 7) is 0.689. The van der Waals surface area contributed by atoms with Gasteiger partial charge in [0, 0.05) is 13.0 Å². The molecule has 0 saturated carbocycles. The maximum atomic E-state index is 12.9. The third-order valence-electron chi connectivity index (χ3n) is 4.98. The van der Waals surface area contributed by atoms with Crippen molar-refractivity contribution >= 4 is 35.5 Å². The summed E-state index contributed by atoms with van der Waals surface area (Å²) in [5.74, 6) is -5.47. The molecule has 2 aliphatic heterocycles. The first kappa shape index (κ1) is 28.2. The molecular weight excluding hydrogens is 493 g/mol. The third-order valence-corrected chi connectivity index (χ3v) is 4.98. The van der Waals surface area contributed by atoms with Gasteiger partial charge in [0.05, 0.1) is 11.1 Å². The van der Waals surface area contributed by atoms with E-state index in [1.807, 2.05) is 0 Å². The number of nitrogens with zero attached hydrogens (tertiary/aromatic N) is 1. The molecule has 196 valence electrons. The Balaban J connectivity index is 0.000000572. The number of alkyl halides is 3. The van der Waals surface area contributed by atoms with Crippen molar-refractivity contribution in [2.75, 3.05) is 19.7 Å². The summed E-state index contributed by atoms with van der Waals surface area (Å²) in [4.78, 5) is 70.7. The van der Waals surface area contributed by atoms with Crippen molar-refractivity contribution in [3.8, 4) is 5.75 Å². The van der Waals surface area contributed by atoms with Gasteiger partial charge in [0.1, 0.15) is 11.8 Å². The molecule has 5 N–H and O–H groups in total. The van der Waals surface area contributed by atoms with Gasteiger partial charge in [0.15, 0.2) is 6.61 Å². The van der Waals surface area contributed by atoms with E-state index in [0.29, 0.717) is 13.1 Å². The number of ether oxygens (including phenoxy) is 1. The molecular formula is C21H23F3N4O8. The molecule has 0 aliphatic carbocycles. The second-order valence-corrected chi connectivity index (χ2v) is 7.56. The van der Waals surface area contributed by atoms with Crippen LogP contribution >= 0.6 is 0 Å². The van der Waals surface area contributed by atoms with Crippen LogP contribution in [-0.4, -0.2) is 77.4 Å². The first-order chi connectivity index (χ1) is 16.9. The Hall–Kier alpha value is -4.01. The van der Waals surface area contributed by atoms with E-state index in [4.69, 9.17) is 20.4 Å². The number of amides is 5. The molecule has 2 heterocycles. The maximum absolute atomic E-state index is 12.9. The van der Waals surface area contributed by atoms with Gasteiger partial charge in [-0.05, 0) is 37.9 Å². The summed E-state index contributed by atoms with van der Waals surface area (Å²) in [5, 5.41) is 11.9. The summed E-state index contributed by atoms with van der Waals surface area (Å²) >= 11 is 0. The van der Waals surface area contributed by atoms with Crippen LogP contribution in [0.2, 0.25) is 0 Å². The molecule has 15 heteroatoms. The minimum atomic E-state index is -5.08. The normalized spacial score (nSPS) is 17.1. The number of fused-ring (bicyclic) bond motifs is 1. The van der Waals surface area contributed by atoms with Crippen molar-refractivity contribution in [1.82, 2.24) is 15.5 Å². The van der Waals surface area contributed by atoms with Crippen LogP contribution in [-0.2, 0) is 19.2 Å². The Labute approximate surface area is 201 Å². The van der Waals surface area contributed by atoms with E-state index in [2.05, 4.69) is 10.6 Å². The highest BCUT2D eigenvalue weighted by Gasteiger charge is 2.46. The molecule has 3 rings (SSSR count). The Morgan fingerprint density at radius 2 is 1.83 bits per heavy atom. The predicted octanol–water partition coefficient (Wildman–Crippen LogP) is -0.0450. The number of hydrogen-bond acceptors (Lipinski definition) is 8. The van der Waals surface area contributed by atoms with Crippen molar-refractivity contribution in [1.29, 1.82) is 0 Å². The monoisotopic (exact) mass is 516 g/mol. The van der Waals surface area contributed by atoms with E-state index in [9.17, 15) is 37.1 Å². The van der Waals surface area contributed by atoms with Crippen LogP contribution in [0.25, 0.3) is 0 Å². The molecule has 1 unspecified atom stereocenters. The molecule has 1 aromatic rings. The number of carbonyl (C=O) groups excluding carboxylic acids is 5. The average Bonchev–Trinajstić information content (AvgIpc) is 3.06. The molecule has 12 nitrogen and oxygen atoms in total. The van der Waals surface area contributed by atoms with Crippen LogP contribution in [0.5, 0.6) is 5.75 Å². The number of nitrogens with one attached hydrogen (secondary N) is 2. The number of piperidine rings is 1. The number of carbonyl (C=O) groups is 6. The maximum Gasteiger partial charge on any atom is 0.490 e. The zero-order valence-electron chi connectivity index (χ0n) is 18.7. The molecule has 36 heavy (non-hydrogen) atoms. The topological polar surface area (TPSA) is 185 Å². The second kappa shape index (κ2) is 12.1. The highest BCUT2D eigenvalue weighted by Crippen LogP contribution is 2.33. The van der Waals surface area contributed by atoms with Crippen molar-refractivity contribution < 1.29 is 51.8 Å². The zero-order chi connectivity index (χ0) is 27.0. The SMILES string of the molecule is NCCCCNC(=O)COc1cccc2c1C(=O)N(C1CCC(=O)NC1=O)C2=O.O=C(O)C(F)(F)F. The van der Waals surface area contributed by atoms with Crippen molar-refractivity contribution in [3.05, 3.63) is 29.3 Å². The lowest BCUT2D eigenvalue weighted by Crippen LogP contribution is -2.54. The quantitative estimate of drug-likeness (QED) is 0.272. The highest BCUT2D eigenvalue weighted by atomic mass is 19.4.